The van der Waals surface area contributed by atoms with Gasteiger partial charge >= 0.3 is 6.09 Å². The zero-order valence-corrected chi connectivity index (χ0v) is 16.9. The summed E-state index contributed by atoms with van der Waals surface area (Å²) in [6.07, 6.45) is 1.26. The molecule has 2 aromatic carbocycles. The van der Waals surface area contributed by atoms with Crippen molar-refractivity contribution in [1.29, 1.82) is 0 Å². The molecule has 7 nitrogen and oxygen atoms in total. The van der Waals surface area contributed by atoms with Crippen molar-refractivity contribution in [2.24, 2.45) is 0 Å². The maximum absolute atomic E-state index is 12.4. The van der Waals surface area contributed by atoms with Crippen molar-refractivity contribution < 1.29 is 19.1 Å². The minimum Gasteiger partial charge on any atom is -0.493 e. The van der Waals surface area contributed by atoms with Crippen LogP contribution in [-0.2, 0) is 17.8 Å². The molecule has 0 unspecified atom stereocenters. The quantitative estimate of drug-likeness (QED) is 0.766. The number of carbonyl (C=O) groups is 2. The first-order valence-electron chi connectivity index (χ1n) is 10.4. The number of hydrogen-bond acceptors (Lipinski definition) is 5. The Kier molecular flexibility index (Phi) is 6.49. The third kappa shape index (κ3) is 4.91. The number of hydrogen-bond donors (Lipinski definition) is 2. The van der Waals surface area contributed by atoms with Crippen LogP contribution in [0.2, 0.25) is 0 Å². The predicted octanol–water partition coefficient (Wildman–Crippen LogP) is 2.35. The van der Waals surface area contributed by atoms with E-state index < -0.39 is 0 Å². The maximum atomic E-state index is 12.4. The number of carbonyl (C=O) groups excluding carboxylic acids is 2. The average Bonchev–Trinajstić information content (AvgIpc) is 2.79. The van der Waals surface area contributed by atoms with Crippen molar-refractivity contribution in [3.8, 4) is 5.75 Å². The van der Waals surface area contributed by atoms with Crippen LogP contribution in [0.5, 0.6) is 5.75 Å². The Morgan fingerprint density at radius 1 is 1.10 bits per heavy atom. The molecule has 1 atom stereocenters. The lowest BCUT2D eigenvalue weighted by molar-refractivity contribution is 0.0827. The second kappa shape index (κ2) is 9.63. The van der Waals surface area contributed by atoms with E-state index in [1.165, 1.54) is 0 Å². The van der Waals surface area contributed by atoms with Gasteiger partial charge in [-0.3, -0.25) is 4.79 Å². The van der Waals surface area contributed by atoms with Gasteiger partial charge in [-0.25, -0.2) is 4.79 Å². The van der Waals surface area contributed by atoms with Crippen LogP contribution in [0.25, 0.3) is 0 Å². The fraction of sp³-hybridized carbons (Fsp3) is 0.391. The highest BCUT2D eigenvalue weighted by molar-refractivity contribution is 5.97. The van der Waals surface area contributed by atoms with Crippen molar-refractivity contribution in [3.63, 3.8) is 0 Å². The van der Waals surface area contributed by atoms with Gasteiger partial charge in [-0.05, 0) is 30.5 Å². The van der Waals surface area contributed by atoms with Crippen molar-refractivity contribution >= 4 is 12.0 Å². The number of benzene rings is 2. The lowest BCUT2D eigenvalue weighted by Crippen LogP contribution is -2.53. The molecule has 2 amide bonds. The van der Waals surface area contributed by atoms with Gasteiger partial charge in [0, 0.05) is 43.3 Å². The summed E-state index contributed by atoms with van der Waals surface area (Å²) in [5.74, 6) is 0.734. The van der Waals surface area contributed by atoms with Gasteiger partial charge in [0.1, 0.15) is 12.4 Å². The van der Waals surface area contributed by atoms with E-state index in [0.29, 0.717) is 31.8 Å². The van der Waals surface area contributed by atoms with E-state index in [1.807, 2.05) is 48.5 Å². The normalized spacial score (nSPS) is 18.3. The summed E-state index contributed by atoms with van der Waals surface area (Å²) in [6.45, 7) is 3.38. The highest BCUT2D eigenvalue weighted by Crippen LogP contribution is 2.25. The standard InChI is InChI=1S/C23H27N3O4/c27-22-20-7-4-8-21(19(20)9-11-25-22)29-14-10-18-15-26(13-12-24-18)23(28)30-16-17-5-2-1-3-6-17/h1-8,18,24H,9-16H2,(H,25,27)/t18-/m1/s1. The van der Waals surface area contributed by atoms with Gasteiger partial charge in [0.05, 0.1) is 6.61 Å². The summed E-state index contributed by atoms with van der Waals surface area (Å²) in [7, 11) is 0. The lowest BCUT2D eigenvalue weighted by atomic mass is 9.99. The van der Waals surface area contributed by atoms with Crippen molar-refractivity contribution in [3.05, 3.63) is 65.2 Å². The fourth-order valence-electron chi connectivity index (χ4n) is 3.87. The summed E-state index contributed by atoms with van der Waals surface area (Å²) in [6, 6.07) is 15.4. The Morgan fingerprint density at radius 2 is 1.97 bits per heavy atom. The molecule has 30 heavy (non-hydrogen) atoms. The number of nitrogens with zero attached hydrogens (tertiary/aromatic N) is 1. The largest absolute Gasteiger partial charge is 0.493 e. The van der Waals surface area contributed by atoms with Gasteiger partial charge < -0.3 is 25.0 Å². The van der Waals surface area contributed by atoms with Crippen LogP contribution in [0.4, 0.5) is 4.79 Å². The molecule has 2 heterocycles. The molecule has 158 valence electrons. The van der Waals surface area contributed by atoms with Crippen molar-refractivity contribution in [1.82, 2.24) is 15.5 Å². The number of ether oxygens (including phenoxy) is 2. The number of rotatable bonds is 6. The second-order valence-electron chi connectivity index (χ2n) is 7.56. The minimum atomic E-state index is -0.283. The van der Waals surface area contributed by atoms with Gasteiger partial charge in [0.2, 0.25) is 0 Å². The van der Waals surface area contributed by atoms with E-state index in [1.54, 1.807) is 4.90 Å². The van der Waals surface area contributed by atoms with E-state index in [4.69, 9.17) is 9.47 Å². The Bertz CT molecular complexity index is 887. The molecule has 0 bridgehead atoms. The van der Waals surface area contributed by atoms with Crippen LogP contribution < -0.4 is 15.4 Å². The van der Waals surface area contributed by atoms with E-state index in [2.05, 4.69) is 10.6 Å². The molecule has 0 aliphatic carbocycles. The first-order chi connectivity index (χ1) is 14.7. The zero-order chi connectivity index (χ0) is 20.8. The molecular weight excluding hydrogens is 382 g/mol. The Labute approximate surface area is 176 Å². The Morgan fingerprint density at radius 3 is 2.83 bits per heavy atom. The van der Waals surface area contributed by atoms with Crippen LogP contribution in [0.1, 0.15) is 27.9 Å². The van der Waals surface area contributed by atoms with Crippen LogP contribution in [0.3, 0.4) is 0 Å². The van der Waals surface area contributed by atoms with E-state index in [9.17, 15) is 9.59 Å². The van der Waals surface area contributed by atoms with Gasteiger partial charge in [-0.1, -0.05) is 36.4 Å². The van der Waals surface area contributed by atoms with Crippen molar-refractivity contribution in [2.45, 2.75) is 25.5 Å². The Balaban J connectivity index is 1.25. The average molecular weight is 409 g/mol. The third-order valence-corrected chi connectivity index (χ3v) is 5.48. The smallest absolute Gasteiger partial charge is 0.410 e. The topological polar surface area (TPSA) is 79.9 Å². The van der Waals surface area contributed by atoms with Gasteiger partial charge in [-0.15, -0.1) is 0 Å². The molecule has 2 aliphatic rings. The summed E-state index contributed by atoms with van der Waals surface area (Å²) < 4.78 is 11.5. The summed E-state index contributed by atoms with van der Waals surface area (Å²) in [4.78, 5) is 26.1. The molecular formula is C23H27N3O4. The highest BCUT2D eigenvalue weighted by atomic mass is 16.6. The number of fused-ring (bicyclic) bond motifs is 1. The Hall–Kier alpha value is -3.06. The predicted molar refractivity (Wildman–Crippen MR) is 113 cm³/mol. The fourth-order valence-corrected chi connectivity index (χ4v) is 3.87. The van der Waals surface area contributed by atoms with Crippen molar-refractivity contribution in [2.75, 3.05) is 32.8 Å². The zero-order valence-electron chi connectivity index (χ0n) is 16.9. The summed E-state index contributed by atoms with van der Waals surface area (Å²) >= 11 is 0. The molecule has 2 aliphatic heterocycles. The third-order valence-electron chi connectivity index (χ3n) is 5.48. The second-order valence-corrected chi connectivity index (χ2v) is 7.56. The van der Waals surface area contributed by atoms with Crippen LogP contribution >= 0.6 is 0 Å². The first kappa shape index (κ1) is 20.2. The van der Waals surface area contributed by atoms with Crippen LogP contribution in [0, 0.1) is 0 Å². The van der Waals surface area contributed by atoms with Crippen LogP contribution in [-0.4, -0.2) is 55.7 Å². The molecule has 4 rings (SSSR count). The molecule has 0 aromatic heterocycles. The first-order valence-corrected chi connectivity index (χ1v) is 10.4. The molecule has 2 aromatic rings. The monoisotopic (exact) mass is 409 g/mol. The van der Waals surface area contributed by atoms with E-state index in [0.717, 1.165) is 36.3 Å². The summed E-state index contributed by atoms with van der Waals surface area (Å²) in [5, 5.41) is 6.30. The van der Waals surface area contributed by atoms with Gasteiger partial charge in [0.15, 0.2) is 0 Å². The van der Waals surface area contributed by atoms with Crippen LogP contribution in [0.15, 0.2) is 48.5 Å². The van der Waals surface area contributed by atoms with Gasteiger partial charge in [-0.2, -0.15) is 0 Å². The molecule has 1 saturated heterocycles. The minimum absolute atomic E-state index is 0.0414. The molecule has 0 radical (unpaired) electrons. The molecule has 1 fully saturated rings. The summed E-state index contributed by atoms with van der Waals surface area (Å²) in [5.41, 5.74) is 2.65. The molecule has 0 spiro atoms. The van der Waals surface area contributed by atoms with E-state index in [-0.39, 0.29) is 24.6 Å². The number of amides is 2. The van der Waals surface area contributed by atoms with Gasteiger partial charge in [0.25, 0.3) is 5.91 Å². The van der Waals surface area contributed by atoms with E-state index >= 15 is 0 Å². The maximum Gasteiger partial charge on any atom is 0.410 e. The molecule has 7 heteroatoms. The number of nitrogens with one attached hydrogen (secondary N) is 2. The highest BCUT2D eigenvalue weighted by Gasteiger charge is 2.25. The SMILES string of the molecule is O=C1NCCc2c(OCC[C@@H]3CN(C(=O)OCc4ccccc4)CCN3)cccc21. The molecule has 0 saturated carbocycles. The molecule has 2 N–H and O–H groups in total. The lowest BCUT2D eigenvalue weighted by Gasteiger charge is -2.33. The number of piperazine rings is 1.